The lowest BCUT2D eigenvalue weighted by Crippen LogP contribution is -2.05. The third-order valence-electron chi connectivity index (χ3n) is 5.37. The van der Waals surface area contributed by atoms with E-state index in [-0.39, 0.29) is 6.61 Å². The predicted molar refractivity (Wildman–Crippen MR) is 116 cm³/mol. The molecule has 146 valence electrons. The molecule has 0 amide bonds. The van der Waals surface area contributed by atoms with Crippen LogP contribution in [0.1, 0.15) is 85.5 Å². The number of hydrogen-bond donors (Lipinski definition) is 1. The molecule has 0 spiro atoms. The highest BCUT2D eigenvalue weighted by Crippen LogP contribution is 2.28. The maximum atomic E-state index is 9.70. The van der Waals surface area contributed by atoms with Gasteiger partial charge < -0.3 is 5.11 Å². The Hall–Kier alpha value is -1.34. The maximum absolute atomic E-state index is 9.70. The van der Waals surface area contributed by atoms with E-state index in [2.05, 4.69) is 58.6 Å². The summed E-state index contributed by atoms with van der Waals surface area (Å²) in [6.45, 7) is 13.4. The second-order valence-electron chi connectivity index (χ2n) is 8.15. The first-order valence-corrected chi connectivity index (χ1v) is 10.3. The second-order valence-corrected chi connectivity index (χ2v) is 8.15. The van der Waals surface area contributed by atoms with Crippen molar-refractivity contribution in [3.05, 3.63) is 58.7 Å². The minimum atomic E-state index is 0.183. The molecule has 0 aliphatic heterocycles. The van der Waals surface area contributed by atoms with E-state index in [1.807, 2.05) is 0 Å². The quantitative estimate of drug-likeness (QED) is 0.507. The van der Waals surface area contributed by atoms with Crippen LogP contribution in [0.4, 0.5) is 0 Å². The molecule has 0 aromatic heterocycles. The molecule has 1 heteroatoms. The van der Waals surface area contributed by atoms with Gasteiger partial charge in [-0.15, -0.1) is 0 Å². The zero-order valence-electron chi connectivity index (χ0n) is 17.6. The van der Waals surface area contributed by atoms with Gasteiger partial charge in [0.1, 0.15) is 0 Å². The molecule has 1 atom stereocenters. The van der Waals surface area contributed by atoms with E-state index in [1.54, 1.807) is 0 Å². The molecular formula is C25H40O. The molecule has 1 rings (SSSR count). The van der Waals surface area contributed by atoms with Gasteiger partial charge in [0.25, 0.3) is 0 Å². The molecule has 0 saturated heterocycles. The number of rotatable bonds is 5. The monoisotopic (exact) mass is 356 g/mol. The Morgan fingerprint density at radius 1 is 1.08 bits per heavy atom. The smallest absolute Gasteiger partial charge is 0.0641 e. The van der Waals surface area contributed by atoms with Gasteiger partial charge in [0.05, 0.1) is 6.61 Å². The molecule has 0 unspecified atom stereocenters. The maximum Gasteiger partial charge on any atom is 0.0641 e. The highest BCUT2D eigenvalue weighted by molar-refractivity contribution is 5.12. The SMILES string of the molecule is C=C(CCC=C(C)C)[C@H]1C/C=C(/CO)CC/C=C(\C)CC/C=C(\C)CC1. The Bertz CT molecular complexity index is 553. The van der Waals surface area contributed by atoms with Crippen molar-refractivity contribution in [1.29, 1.82) is 0 Å². The number of hydrogen-bond acceptors (Lipinski definition) is 1. The van der Waals surface area contributed by atoms with Crippen molar-refractivity contribution in [2.24, 2.45) is 5.92 Å². The average Bonchev–Trinajstić information content (AvgIpc) is 2.59. The Kier molecular flexibility index (Phi) is 11.3. The first-order chi connectivity index (χ1) is 12.4. The van der Waals surface area contributed by atoms with Crippen molar-refractivity contribution in [1.82, 2.24) is 0 Å². The van der Waals surface area contributed by atoms with Gasteiger partial charge in [0, 0.05) is 0 Å². The lowest BCUT2D eigenvalue weighted by molar-refractivity contribution is 0.325. The summed E-state index contributed by atoms with van der Waals surface area (Å²) in [5, 5.41) is 9.70. The van der Waals surface area contributed by atoms with Crippen molar-refractivity contribution >= 4 is 0 Å². The second kappa shape index (κ2) is 12.9. The fraction of sp³-hybridized carbons (Fsp3) is 0.600. The van der Waals surface area contributed by atoms with Crippen LogP contribution in [0, 0.1) is 5.92 Å². The molecule has 1 aliphatic carbocycles. The minimum absolute atomic E-state index is 0.183. The van der Waals surface area contributed by atoms with Crippen LogP contribution in [0.3, 0.4) is 0 Å². The zero-order chi connectivity index (χ0) is 19.4. The van der Waals surface area contributed by atoms with E-state index in [9.17, 15) is 5.11 Å². The van der Waals surface area contributed by atoms with Crippen molar-refractivity contribution in [3.8, 4) is 0 Å². The van der Waals surface area contributed by atoms with Crippen LogP contribution in [0.5, 0.6) is 0 Å². The Morgan fingerprint density at radius 3 is 2.38 bits per heavy atom. The van der Waals surface area contributed by atoms with E-state index in [0.29, 0.717) is 5.92 Å². The molecule has 0 bridgehead atoms. The van der Waals surface area contributed by atoms with Gasteiger partial charge >= 0.3 is 0 Å². The average molecular weight is 357 g/mol. The summed E-state index contributed by atoms with van der Waals surface area (Å²) in [6, 6.07) is 0. The molecule has 0 saturated carbocycles. The van der Waals surface area contributed by atoms with E-state index < -0.39 is 0 Å². The summed E-state index contributed by atoms with van der Waals surface area (Å²) < 4.78 is 0. The molecule has 0 heterocycles. The molecule has 0 aromatic rings. The van der Waals surface area contributed by atoms with Crippen LogP contribution in [-0.2, 0) is 0 Å². The van der Waals surface area contributed by atoms with Crippen LogP contribution >= 0.6 is 0 Å². The van der Waals surface area contributed by atoms with E-state index in [1.165, 1.54) is 34.3 Å². The number of aliphatic hydroxyl groups excluding tert-OH is 1. The summed E-state index contributed by atoms with van der Waals surface area (Å²) in [5.41, 5.74) is 6.90. The van der Waals surface area contributed by atoms with Crippen molar-refractivity contribution in [2.45, 2.75) is 85.5 Å². The van der Waals surface area contributed by atoms with Gasteiger partial charge in [0.15, 0.2) is 0 Å². The fourth-order valence-electron chi connectivity index (χ4n) is 3.45. The molecular weight excluding hydrogens is 316 g/mol. The first kappa shape index (κ1) is 22.7. The molecule has 1 aliphatic rings. The number of allylic oxidation sites excluding steroid dienone is 8. The Labute approximate surface area is 162 Å². The molecule has 0 fully saturated rings. The highest BCUT2D eigenvalue weighted by Gasteiger charge is 2.12. The van der Waals surface area contributed by atoms with Crippen LogP contribution in [0.15, 0.2) is 58.7 Å². The van der Waals surface area contributed by atoms with Crippen LogP contribution in [0.25, 0.3) is 0 Å². The van der Waals surface area contributed by atoms with Gasteiger partial charge in [-0.3, -0.25) is 0 Å². The first-order valence-electron chi connectivity index (χ1n) is 10.3. The molecule has 1 nitrogen and oxygen atoms in total. The molecule has 1 N–H and O–H groups in total. The van der Waals surface area contributed by atoms with E-state index in [4.69, 9.17) is 0 Å². The normalized spacial score (nSPS) is 26.3. The van der Waals surface area contributed by atoms with Gasteiger partial charge in [-0.25, -0.2) is 0 Å². The molecule has 0 radical (unpaired) electrons. The van der Waals surface area contributed by atoms with E-state index >= 15 is 0 Å². The van der Waals surface area contributed by atoms with Crippen LogP contribution in [0.2, 0.25) is 0 Å². The topological polar surface area (TPSA) is 20.2 Å². The Balaban J connectivity index is 2.85. The van der Waals surface area contributed by atoms with Gasteiger partial charge in [-0.1, -0.05) is 53.2 Å². The molecule has 26 heavy (non-hydrogen) atoms. The van der Waals surface area contributed by atoms with Crippen molar-refractivity contribution in [3.63, 3.8) is 0 Å². The van der Waals surface area contributed by atoms with Gasteiger partial charge in [-0.05, 0) is 97.0 Å². The van der Waals surface area contributed by atoms with Gasteiger partial charge in [-0.2, -0.15) is 0 Å². The van der Waals surface area contributed by atoms with Crippen LogP contribution < -0.4 is 0 Å². The van der Waals surface area contributed by atoms with Crippen molar-refractivity contribution < 1.29 is 5.11 Å². The lowest BCUT2D eigenvalue weighted by atomic mass is 9.86. The third-order valence-corrected chi connectivity index (χ3v) is 5.37. The standard InChI is InChI=1S/C25H40O/c1-20(2)9-6-13-23(5)25-17-15-22(4)11-7-10-21(3)12-8-14-24(19-26)16-18-25/h9,11-12,16,25-26H,5-8,10,13-15,17-19H2,1-4H3/b21-12+,22-11+,24-16+/t25-/m1/s1. The predicted octanol–water partition coefficient (Wildman–Crippen LogP) is 7.46. The highest BCUT2D eigenvalue weighted by atomic mass is 16.3. The zero-order valence-corrected chi connectivity index (χ0v) is 17.6. The fourth-order valence-corrected chi connectivity index (χ4v) is 3.45. The molecule has 0 aromatic carbocycles. The van der Waals surface area contributed by atoms with Gasteiger partial charge in [0.2, 0.25) is 0 Å². The van der Waals surface area contributed by atoms with E-state index in [0.717, 1.165) is 51.4 Å². The Morgan fingerprint density at radius 2 is 1.73 bits per heavy atom. The lowest BCUT2D eigenvalue weighted by Gasteiger charge is -2.19. The summed E-state index contributed by atoms with van der Waals surface area (Å²) in [7, 11) is 0. The van der Waals surface area contributed by atoms with Crippen molar-refractivity contribution in [2.75, 3.05) is 6.61 Å². The summed E-state index contributed by atoms with van der Waals surface area (Å²) in [5.74, 6) is 0.519. The van der Waals surface area contributed by atoms with Crippen LogP contribution in [-0.4, -0.2) is 11.7 Å². The largest absolute Gasteiger partial charge is 0.392 e. The summed E-state index contributed by atoms with van der Waals surface area (Å²) in [6.07, 6.45) is 19.1. The number of aliphatic hydroxyl groups is 1. The third kappa shape index (κ3) is 9.97. The minimum Gasteiger partial charge on any atom is -0.392 e. The summed E-state index contributed by atoms with van der Waals surface area (Å²) >= 11 is 0. The summed E-state index contributed by atoms with van der Waals surface area (Å²) in [4.78, 5) is 0.